The molecular weight excluding hydrogens is 569 g/mol. The van der Waals surface area contributed by atoms with Crippen LogP contribution in [0.3, 0.4) is 0 Å². The van der Waals surface area contributed by atoms with Gasteiger partial charge in [-0.15, -0.1) is 0 Å². The number of hydrogen-bond donors (Lipinski definition) is 1. The number of Topliss-reactive ketones (excluding diaryl/α,β-unsaturated/α-hetero) is 1. The number of sulfone groups is 2. The van der Waals surface area contributed by atoms with Gasteiger partial charge in [0.2, 0.25) is 5.91 Å². The Morgan fingerprint density at radius 3 is 1.89 bits per heavy atom. The number of carbonyl (C=O) groups is 2. The first-order valence-electron chi connectivity index (χ1n) is 11.7. The van der Waals surface area contributed by atoms with E-state index >= 15 is 0 Å². The first-order valence-corrected chi connectivity index (χ1v) is 16.0. The smallest absolute Gasteiger partial charge is 0.239 e. The quantitative estimate of drug-likeness (QED) is 0.325. The number of rotatable bonds is 9. The molecule has 1 N–H and O–H groups in total. The van der Waals surface area contributed by atoms with E-state index in [1.54, 1.807) is 12.1 Å². The molecule has 0 saturated heterocycles. The van der Waals surface area contributed by atoms with Gasteiger partial charge in [0.15, 0.2) is 19.7 Å². The highest BCUT2D eigenvalue weighted by Gasteiger charge is 2.30. The molecule has 1 atom stereocenters. The summed E-state index contributed by atoms with van der Waals surface area (Å²) in [5.41, 5.74) is 1.66. The second kappa shape index (κ2) is 10.8. The van der Waals surface area contributed by atoms with Gasteiger partial charge in [0, 0.05) is 17.5 Å². The number of ketones is 1. The number of nitrogens with one attached hydrogen (secondary N) is 1. The molecule has 7 nitrogen and oxygen atoms in total. The van der Waals surface area contributed by atoms with Crippen molar-refractivity contribution in [3.63, 3.8) is 0 Å². The van der Waals surface area contributed by atoms with Crippen LogP contribution in [0.2, 0.25) is 10.0 Å². The van der Waals surface area contributed by atoms with Crippen molar-refractivity contribution < 1.29 is 26.4 Å². The molecule has 0 radical (unpaired) electrons. The Morgan fingerprint density at radius 2 is 1.42 bits per heavy atom. The molecule has 1 aliphatic carbocycles. The molecule has 38 heavy (non-hydrogen) atoms. The third-order valence-corrected chi connectivity index (χ3v) is 9.90. The molecule has 1 unspecified atom stereocenters. The predicted molar refractivity (Wildman–Crippen MR) is 148 cm³/mol. The first kappa shape index (κ1) is 28.3. The Hall–Kier alpha value is -2.72. The first-order chi connectivity index (χ1) is 17.8. The van der Waals surface area contributed by atoms with E-state index in [9.17, 15) is 26.4 Å². The Balaban J connectivity index is 1.55. The van der Waals surface area contributed by atoms with E-state index in [0.717, 1.165) is 19.1 Å². The Labute approximate surface area is 232 Å². The van der Waals surface area contributed by atoms with Gasteiger partial charge in [-0.1, -0.05) is 47.5 Å². The lowest BCUT2D eigenvalue weighted by Gasteiger charge is -2.17. The number of carbonyl (C=O) groups excluding carboxylic acids is 2. The van der Waals surface area contributed by atoms with E-state index in [1.807, 2.05) is 0 Å². The van der Waals surface area contributed by atoms with Crippen LogP contribution >= 0.6 is 23.2 Å². The number of hydrogen-bond acceptors (Lipinski definition) is 6. The van der Waals surface area contributed by atoms with Gasteiger partial charge in [-0.2, -0.15) is 0 Å². The highest BCUT2D eigenvalue weighted by Crippen LogP contribution is 2.38. The van der Waals surface area contributed by atoms with Crippen molar-refractivity contribution in [1.29, 1.82) is 0 Å². The normalized spacial score (nSPS) is 14.6. The van der Waals surface area contributed by atoms with Gasteiger partial charge in [-0.3, -0.25) is 9.59 Å². The predicted octanol–water partition coefficient (Wildman–Crippen LogP) is 5.56. The number of halogens is 2. The molecule has 0 heterocycles. The van der Waals surface area contributed by atoms with E-state index in [4.69, 9.17) is 23.2 Å². The molecule has 1 aliphatic rings. The molecule has 3 aromatic rings. The molecule has 1 fully saturated rings. The molecule has 1 amide bonds. The monoisotopic (exact) mass is 593 g/mol. The highest BCUT2D eigenvalue weighted by molar-refractivity contribution is 7.91. The lowest BCUT2D eigenvalue weighted by molar-refractivity contribution is -0.126. The maximum absolute atomic E-state index is 13.1. The summed E-state index contributed by atoms with van der Waals surface area (Å²) < 4.78 is 48.5. The minimum absolute atomic E-state index is 0.0995. The van der Waals surface area contributed by atoms with Crippen LogP contribution < -0.4 is 5.32 Å². The zero-order chi connectivity index (χ0) is 27.8. The molecule has 200 valence electrons. The summed E-state index contributed by atoms with van der Waals surface area (Å²) in [5, 5.41) is 3.09. The lowest BCUT2D eigenvalue weighted by atomic mass is 9.94. The zero-order valence-electron chi connectivity index (χ0n) is 20.6. The molecule has 1 saturated carbocycles. The fraction of sp³-hybridized carbons (Fsp3) is 0.259. The van der Waals surface area contributed by atoms with Crippen molar-refractivity contribution in [1.82, 2.24) is 0 Å². The van der Waals surface area contributed by atoms with E-state index in [1.165, 1.54) is 55.5 Å². The van der Waals surface area contributed by atoms with Gasteiger partial charge < -0.3 is 5.32 Å². The summed E-state index contributed by atoms with van der Waals surface area (Å²) in [6.07, 6.45) is 2.93. The van der Waals surface area contributed by atoms with Gasteiger partial charge in [-0.25, -0.2) is 16.8 Å². The largest absolute Gasteiger partial charge is 0.325 e. The topological polar surface area (TPSA) is 114 Å². The summed E-state index contributed by atoms with van der Waals surface area (Å²) in [6, 6.07) is 14.8. The molecule has 11 heteroatoms. The minimum Gasteiger partial charge on any atom is -0.325 e. The van der Waals surface area contributed by atoms with Crippen molar-refractivity contribution >= 4 is 60.3 Å². The van der Waals surface area contributed by atoms with Gasteiger partial charge in [0.25, 0.3) is 0 Å². The van der Waals surface area contributed by atoms with Crippen molar-refractivity contribution in [2.24, 2.45) is 5.92 Å². The van der Waals surface area contributed by atoms with E-state index in [2.05, 4.69) is 5.32 Å². The molecule has 0 spiro atoms. The summed E-state index contributed by atoms with van der Waals surface area (Å²) in [5.74, 6) is -1.91. The van der Waals surface area contributed by atoms with Crippen LogP contribution in [-0.2, 0) is 29.3 Å². The summed E-state index contributed by atoms with van der Waals surface area (Å²) in [6.45, 7) is 1.28. The third kappa shape index (κ3) is 6.46. The van der Waals surface area contributed by atoms with Crippen LogP contribution in [0.25, 0.3) is 11.1 Å². The highest BCUT2D eigenvalue weighted by atomic mass is 35.5. The Kier molecular flexibility index (Phi) is 8.04. The standard InChI is InChI=1S/C27H25Cl2NO6S2/c1-16(31)25(18-7-11-22(12-8-18)38(35,36)15-17-3-4-17)27(32)30-20-13-23(28)26(24(29)14-20)19-5-9-21(10-6-19)37(2,33)34/h5-14,17,25H,3-4,15H2,1-2H3,(H,30,32). The minimum atomic E-state index is -3.42. The number of benzene rings is 3. The van der Waals surface area contributed by atoms with Crippen LogP contribution in [0.1, 0.15) is 31.2 Å². The maximum atomic E-state index is 13.1. The van der Waals surface area contributed by atoms with Gasteiger partial charge in [0.1, 0.15) is 11.7 Å². The van der Waals surface area contributed by atoms with Crippen LogP contribution in [0.5, 0.6) is 0 Å². The fourth-order valence-electron chi connectivity index (χ4n) is 4.13. The summed E-state index contributed by atoms with van der Waals surface area (Å²) in [7, 11) is -6.78. The zero-order valence-corrected chi connectivity index (χ0v) is 23.7. The maximum Gasteiger partial charge on any atom is 0.239 e. The van der Waals surface area contributed by atoms with Crippen molar-refractivity contribution in [2.45, 2.75) is 35.5 Å². The van der Waals surface area contributed by atoms with Crippen molar-refractivity contribution in [2.75, 3.05) is 17.3 Å². The number of amides is 1. The van der Waals surface area contributed by atoms with Crippen LogP contribution in [0.15, 0.2) is 70.5 Å². The second-order valence-electron chi connectivity index (χ2n) is 9.44. The molecular formula is C27H25Cl2NO6S2. The van der Waals surface area contributed by atoms with Gasteiger partial charge >= 0.3 is 0 Å². The fourth-order valence-corrected chi connectivity index (χ4v) is 7.17. The molecule has 0 aromatic heterocycles. The summed E-state index contributed by atoms with van der Waals surface area (Å²) in [4.78, 5) is 25.8. The third-order valence-electron chi connectivity index (χ3n) is 6.27. The molecule has 3 aromatic carbocycles. The Morgan fingerprint density at radius 1 is 0.895 bits per heavy atom. The van der Waals surface area contributed by atoms with Crippen LogP contribution in [0.4, 0.5) is 5.69 Å². The van der Waals surface area contributed by atoms with Crippen molar-refractivity contribution in [3.05, 3.63) is 76.3 Å². The van der Waals surface area contributed by atoms with E-state index in [0.29, 0.717) is 16.7 Å². The van der Waals surface area contributed by atoms with Gasteiger partial charge in [-0.05, 0) is 73.2 Å². The molecule has 0 aliphatic heterocycles. The van der Waals surface area contributed by atoms with Crippen LogP contribution in [-0.4, -0.2) is 40.5 Å². The van der Waals surface area contributed by atoms with Crippen molar-refractivity contribution in [3.8, 4) is 11.1 Å². The SMILES string of the molecule is CC(=O)C(C(=O)Nc1cc(Cl)c(-c2ccc(S(C)(=O)=O)cc2)c(Cl)c1)c1ccc(S(=O)(=O)CC2CC2)cc1. The lowest BCUT2D eigenvalue weighted by Crippen LogP contribution is -2.26. The molecule has 4 rings (SSSR count). The summed E-state index contributed by atoms with van der Waals surface area (Å²) >= 11 is 12.9. The van der Waals surface area contributed by atoms with Gasteiger partial charge in [0.05, 0.1) is 25.6 Å². The average Bonchev–Trinajstić information content (AvgIpc) is 3.62. The van der Waals surface area contributed by atoms with E-state index in [-0.39, 0.29) is 37.2 Å². The Bertz CT molecular complexity index is 1590. The van der Waals surface area contributed by atoms with Crippen LogP contribution in [0, 0.1) is 5.92 Å². The molecule has 0 bridgehead atoms. The second-order valence-corrected chi connectivity index (χ2v) is 14.3. The number of anilines is 1. The average molecular weight is 595 g/mol. The van der Waals surface area contributed by atoms with E-state index < -0.39 is 37.3 Å².